The van der Waals surface area contributed by atoms with Crippen LogP contribution in [0.4, 0.5) is 0 Å². The van der Waals surface area contributed by atoms with Gasteiger partial charge < -0.3 is 9.42 Å². The molecular weight excluding hydrogens is 420 g/mol. The Kier molecular flexibility index (Phi) is 6.51. The van der Waals surface area contributed by atoms with Crippen molar-refractivity contribution in [2.75, 3.05) is 26.2 Å². The van der Waals surface area contributed by atoms with Crippen LogP contribution < -0.4 is 0 Å². The van der Waals surface area contributed by atoms with Crippen LogP contribution in [0.3, 0.4) is 0 Å². The monoisotopic (exact) mass is 444 g/mol. The van der Waals surface area contributed by atoms with E-state index in [1.165, 1.54) is 0 Å². The number of piperazine rings is 1. The van der Waals surface area contributed by atoms with Crippen LogP contribution >= 0.6 is 22.9 Å². The maximum atomic E-state index is 12.6. The first-order valence-electron chi connectivity index (χ1n) is 10.1. The lowest BCUT2D eigenvalue weighted by Crippen LogP contribution is -2.48. The van der Waals surface area contributed by atoms with Crippen LogP contribution in [0, 0.1) is 13.8 Å². The predicted octanol–water partition coefficient (Wildman–Crippen LogP) is 4.35. The molecule has 0 spiro atoms. The Bertz CT molecular complexity index is 987. The minimum atomic E-state index is 0.202. The Balaban J connectivity index is 1.25. The molecule has 1 fully saturated rings. The van der Waals surface area contributed by atoms with Gasteiger partial charge in [-0.3, -0.25) is 9.69 Å². The molecule has 8 heteroatoms. The highest BCUT2D eigenvalue weighted by Crippen LogP contribution is 2.26. The molecule has 4 rings (SSSR count). The van der Waals surface area contributed by atoms with E-state index in [-0.39, 0.29) is 5.91 Å². The van der Waals surface area contributed by atoms with Crippen molar-refractivity contribution in [2.45, 2.75) is 33.2 Å². The van der Waals surface area contributed by atoms with Crippen LogP contribution in [0.15, 0.2) is 34.2 Å². The molecule has 1 amide bonds. The molecule has 2 aromatic heterocycles. The summed E-state index contributed by atoms with van der Waals surface area (Å²) in [5, 5.41) is 7.82. The standard InChI is InChI=1S/C22H25ClN4O2S/c1-15-20(16(2)29-25-15)7-8-21(28)27-11-9-26(10-12-27)13-19-14-30-22(24-19)17-3-5-18(23)6-4-17/h3-6,14H,7-13H2,1-2H3. The number of hydrogen-bond donors (Lipinski definition) is 0. The maximum absolute atomic E-state index is 12.6. The molecule has 0 saturated carbocycles. The number of benzene rings is 1. The molecule has 3 heterocycles. The van der Waals surface area contributed by atoms with Crippen molar-refractivity contribution in [1.82, 2.24) is 19.9 Å². The average Bonchev–Trinajstić information content (AvgIpc) is 3.34. The molecule has 0 aliphatic carbocycles. The average molecular weight is 445 g/mol. The Morgan fingerprint density at radius 1 is 1.17 bits per heavy atom. The normalized spacial score (nSPS) is 15.0. The third-order valence-electron chi connectivity index (χ3n) is 5.52. The number of halogens is 1. The Hall–Kier alpha value is -2.22. The van der Waals surface area contributed by atoms with Gasteiger partial charge in [-0.05, 0) is 32.4 Å². The summed E-state index contributed by atoms with van der Waals surface area (Å²) in [5.41, 5.74) is 4.10. The van der Waals surface area contributed by atoms with Gasteiger partial charge in [0.25, 0.3) is 0 Å². The fourth-order valence-electron chi connectivity index (χ4n) is 3.74. The first kappa shape index (κ1) is 21.0. The van der Waals surface area contributed by atoms with Gasteiger partial charge in [0, 0.05) is 60.7 Å². The Morgan fingerprint density at radius 3 is 2.57 bits per heavy atom. The number of hydrogen-bond acceptors (Lipinski definition) is 6. The highest BCUT2D eigenvalue weighted by Gasteiger charge is 2.22. The summed E-state index contributed by atoms with van der Waals surface area (Å²) in [7, 11) is 0. The van der Waals surface area contributed by atoms with Gasteiger partial charge in [0.2, 0.25) is 5.91 Å². The molecule has 1 aromatic carbocycles. The largest absolute Gasteiger partial charge is 0.361 e. The third kappa shape index (κ3) is 4.91. The van der Waals surface area contributed by atoms with Gasteiger partial charge >= 0.3 is 0 Å². The van der Waals surface area contributed by atoms with Crippen LogP contribution in [-0.2, 0) is 17.8 Å². The zero-order chi connectivity index (χ0) is 21.1. The Morgan fingerprint density at radius 2 is 1.90 bits per heavy atom. The van der Waals surface area contributed by atoms with Gasteiger partial charge in [0.05, 0.1) is 11.4 Å². The summed E-state index contributed by atoms with van der Waals surface area (Å²) in [6.45, 7) is 7.88. The van der Waals surface area contributed by atoms with Crippen LogP contribution in [0.5, 0.6) is 0 Å². The van der Waals surface area contributed by atoms with E-state index in [1.54, 1.807) is 11.3 Å². The third-order valence-corrected chi connectivity index (χ3v) is 6.72. The van der Waals surface area contributed by atoms with Gasteiger partial charge in [0.15, 0.2) is 0 Å². The molecule has 3 aromatic rings. The number of nitrogens with zero attached hydrogens (tertiary/aromatic N) is 4. The molecular formula is C22H25ClN4O2S. The van der Waals surface area contributed by atoms with Crippen molar-refractivity contribution in [2.24, 2.45) is 0 Å². The second kappa shape index (κ2) is 9.29. The van der Waals surface area contributed by atoms with E-state index in [0.29, 0.717) is 12.8 Å². The minimum absolute atomic E-state index is 0.202. The van der Waals surface area contributed by atoms with E-state index in [4.69, 9.17) is 21.1 Å². The molecule has 1 aliphatic heterocycles. The lowest BCUT2D eigenvalue weighted by Gasteiger charge is -2.34. The second-order valence-corrected chi connectivity index (χ2v) is 8.91. The van der Waals surface area contributed by atoms with Crippen LogP contribution in [0.1, 0.15) is 29.1 Å². The number of carbonyl (C=O) groups excluding carboxylic acids is 1. The molecule has 1 aliphatic rings. The van der Waals surface area contributed by atoms with Crippen LogP contribution in [-0.4, -0.2) is 52.0 Å². The van der Waals surface area contributed by atoms with Crippen molar-refractivity contribution in [1.29, 1.82) is 0 Å². The molecule has 0 bridgehead atoms. The molecule has 30 heavy (non-hydrogen) atoms. The molecule has 0 N–H and O–H groups in total. The molecule has 0 radical (unpaired) electrons. The van der Waals surface area contributed by atoms with Gasteiger partial charge in [-0.2, -0.15) is 0 Å². The highest BCUT2D eigenvalue weighted by atomic mass is 35.5. The predicted molar refractivity (Wildman–Crippen MR) is 119 cm³/mol. The molecule has 6 nitrogen and oxygen atoms in total. The summed E-state index contributed by atoms with van der Waals surface area (Å²) in [4.78, 5) is 21.7. The summed E-state index contributed by atoms with van der Waals surface area (Å²) in [6, 6.07) is 7.77. The van der Waals surface area contributed by atoms with Crippen molar-refractivity contribution in [3.05, 3.63) is 57.4 Å². The van der Waals surface area contributed by atoms with Crippen LogP contribution in [0.2, 0.25) is 5.02 Å². The van der Waals surface area contributed by atoms with E-state index in [1.807, 2.05) is 43.0 Å². The molecule has 0 unspecified atom stereocenters. The van der Waals surface area contributed by atoms with E-state index in [9.17, 15) is 4.79 Å². The summed E-state index contributed by atoms with van der Waals surface area (Å²) in [6.07, 6.45) is 1.19. The smallest absolute Gasteiger partial charge is 0.222 e. The number of rotatable bonds is 6. The lowest BCUT2D eigenvalue weighted by atomic mass is 10.1. The van der Waals surface area contributed by atoms with Gasteiger partial charge in [-0.1, -0.05) is 28.9 Å². The number of carbonyl (C=O) groups is 1. The zero-order valence-corrected chi connectivity index (χ0v) is 18.8. The van der Waals surface area contributed by atoms with E-state index >= 15 is 0 Å². The van der Waals surface area contributed by atoms with Crippen molar-refractivity contribution in [3.63, 3.8) is 0 Å². The van der Waals surface area contributed by atoms with Crippen molar-refractivity contribution < 1.29 is 9.32 Å². The van der Waals surface area contributed by atoms with Crippen LogP contribution in [0.25, 0.3) is 10.6 Å². The zero-order valence-electron chi connectivity index (χ0n) is 17.2. The molecule has 1 saturated heterocycles. The van der Waals surface area contributed by atoms with E-state index < -0.39 is 0 Å². The number of aryl methyl sites for hydroxylation is 2. The number of aromatic nitrogens is 2. The fraction of sp³-hybridized carbons (Fsp3) is 0.409. The van der Waals surface area contributed by atoms with E-state index in [2.05, 4.69) is 15.4 Å². The SMILES string of the molecule is Cc1noc(C)c1CCC(=O)N1CCN(Cc2csc(-c3ccc(Cl)cc3)n2)CC1. The highest BCUT2D eigenvalue weighted by molar-refractivity contribution is 7.13. The summed E-state index contributed by atoms with van der Waals surface area (Å²) in [5.74, 6) is 1.01. The first-order chi connectivity index (χ1) is 14.5. The van der Waals surface area contributed by atoms with E-state index in [0.717, 1.165) is 71.0 Å². The molecule has 158 valence electrons. The summed E-state index contributed by atoms with van der Waals surface area (Å²) < 4.78 is 5.19. The Labute approximate surface area is 185 Å². The van der Waals surface area contributed by atoms with Crippen molar-refractivity contribution in [3.8, 4) is 10.6 Å². The topological polar surface area (TPSA) is 62.5 Å². The van der Waals surface area contributed by atoms with Gasteiger partial charge in [-0.15, -0.1) is 11.3 Å². The van der Waals surface area contributed by atoms with Gasteiger partial charge in [0.1, 0.15) is 10.8 Å². The second-order valence-electron chi connectivity index (χ2n) is 7.61. The quantitative estimate of drug-likeness (QED) is 0.565. The fourth-order valence-corrected chi connectivity index (χ4v) is 4.68. The summed E-state index contributed by atoms with van der Waals surface area (Å²) >= 11 is 7.62. The number of thiazole rings is 1. The van der Waals surface area contributed by atoms with Crippen molar-refractivity contribution >= 4 is 28.8 Å². The number of amides is 1. The minimum Gasteiger partial charge on any atom is -0.361 e. The van der Waals surface area contributed by atoms with Gasteiger partial charge in [-0.25, -0.2) is 4.98 Å². The first-order valence-corrected chi connectivity index (χ1v) is 11.4. The molecule has 0 atom stereocenters. The lowest BCUT2D eigenvalue weighted by molar-refractivity contribution is -0.133. The maximum Gasteiger partial charge on any atom is 0.222 e.